The Morgan fingerprint density at radius 2 is 1.44 bits per heavy atom. The lowest BCUT2D eigenvalue weighted by Gasteiger charge is -2.09. The van der Waals surface area contributed by atoms with Crippen LogP contribution in [-0.4, -0.2) is 24.9 Å². The van der Waals surface area contributed by atoms with E-state index in [1.165, 1.54) is 0 Å². The van der Waals surface area contributed by atoms with E-state index in [2.05, 4.69) is 10.6 Å². The maximum atomic E-state index is 12.5. The lowest BCUT2D eigenvalue weighted by molar-refractivity contribution is -0.137. The normalized spacial score (nSPS) is 11.0. The van der Waals surface area contributed by atoms with E-state index < -0.39 is 17.6 Å². The summed E-state index contributed by atoms with van der Waals surface area (Å²) in [7, 11) is 0. The summed E-state index contributed by atoms with van der Waals surface area (Å²) in [6.45, 7) is 2.25. The van der Waals surface area contributed by atoms with Crippen LogP contribution in [0, 0.1) is 6.92 Å². The van der Waals surface area contributed by atoms with E-state index in [9.17, 15) is 22.8 Å². The van der Waals surface area contributed by atoms with Crippen molar-refractivity contribution < 1.29 is 22.8 Å². The summed E-state index contributed by atoms with van der Waals surface area (Å²) in [5.41, 5.74) is 0.796. The number of hydrogen-bond donors (Lipinski definition) is 2. The molecule has 0 fully saturated rings. The minimum atomic E-state index is -4.44. The van der Waals surface area contributed by atoms with Gasteiger partial charge in [0.05, 0.1) is 5.56 Å². The number of amides is 2. The monoisotopic (exact) mass is 350 g/mol. The molecule has 0 atom stereocenters. The minimum absolute atomic E-state index is 0.123. The van der Waals surface area contributed by atoms with Crippen LogP contribution < -0.4 is 10.6 Å². The standard InChI is InChI=1S/C18H17F3N2O2/c1-12-3-2-4-14(11-12)17(25)23-10-9-22-16(24)13-5-7-15(8-6-13)18(19,20)21/h2-8,11H,9-10H2,1H3,(H,22,24)(H,23,25). The van der Waals surface area contributed by atoms with Crippen molar-refractivity contribution in [2.75, 3.05) is 13.1 Å². The first kappa shape index (κ1) is 18.5. The summed E-state index contributed by atoms with van der Waals surface area (Å²) >= 11 is 0. The Morgan fingerprint density at radius 1 is 0.880 bits per heavy atom. The molecule has 0 spiro atoms. The Hall–Kier alpha value is -2.83. The van der Waals surface area contributed by atoms with Crippen LogP contribution in [0.4, 0.5) is 13.2 Å². The Bertz CT molecular complexity index is 756. The zero-order chi connectivity index (χ0) is 18.4. The quantitative estimate of drug-likeness (QED) is 0.814. The van der Waals surface area contributed by atoms with Crippen LogP contribution in [0.1, 0.15) is 31.8 Å². The highest BCUT2D eigenvalue weighted by molar-refractivity contribution is 5.95. The van der Waals surface area contributed by atoms with Crippen LogP contribution in [-0.2, 0) is 6.18 Å². The molecule has 2 aromatic rings. The minimum Gasteiger partial charge on any atom is -0.350 e. The van der Waals surface area contributed by atoms with Gasteiger partial charge in [0.25, 0.3) is 11.8 Å². The fraction of sp³-hybridized carbons (Fsp3) is 0.222. The first-order chi connectivity index (χ1) is 11.8. The number of carbonyl (C=O) groups is 2. The van der Waals surface area contributed by atoms with Gasteiger partial charge in [0.2, 0.25) is 0 Å². The van der Waals surface area contributed by atoms with Gasteiger partial charge in [0.15, 0.2) is 0 Å². The van der Waals surface area contributed by atoms with E-state index in [1.807, 2.05) is 13.0 Å². The zero-order valence-electron chi connectivity index (χ0n) is 13.5. The molecule has 0 aliphatic rings. The molecular formula is C18H17F3N2O2. The maximum absolute atomic E-state index is 12.5. The first-order valence-corrected chi connectivity index (χ1v) is 7.58. The molecule has 0 saturated heterocycles. The number of aryl methyl sites for hydroxylation is 1. The topological polar surface area (TPSA) is 58.2 Å². The van der Waals surface area contributed by atoms with Gasteiger partial charge in [0.1, 0.15) is 0 Å². The molecule has 7 heteroatoms. The largest absolute Gasteiger partial charge is 0.416 e. The Balaban J connectivity index is 1.79. The molecule has 0 aliphatic carbocycles. The molecule has 0 aliphatic heterocycles. The molecule has 132 valence electrons. The highest BCUT2D eigenvalue weighted by Gasteiger charge is 2.30. The third-order valence-corrected chi connectivity index (χ3v) is 3.45. The highest BCUT2D eigenvalue weighted by Crippen LogP contribution is 2.29. The van der Waals surface area contributed by atoms with Gasteiger partial charge in [-0.2, -0.15) is 13.2 Å². The average Bonchev–Trinajstić information content (AvgIpc) is 2.57. The molecule has 4 nitrogen and oxygen atoms in total. The number of benzene rings is 2. The van der Waals surface area contributed by atoms with Gasteiger partial charge >= 0.3 is 6.18 Å². The molecule has 0 aromatic heterocycles. The second-order valence-electron chi connectivity index (χ2n) is 5.46. The lowest BCUT2D eigenvalue weighted by Crippen LogP contribution is -2.34. The van der Waals surface area contributed by atoms with Crippen LogP contribution in [0.15, 0.2) is 48.5 Å². The number of hydrogen-bond acceptors (Lipinski definition) is 2. The van der Waals surface area contributed by atoms with Crippen molar-refractivity contribution in [1.29, 1.82) is 0 Å². The molecule has 0 heterocycles. The van der Waals surface area contributed by atoms with Gasteiger partial charge in [-0.15, -0.1) is 0 Å². The smallest absolute Gasteiger partial charge is 0.350 e. The Morgan fingerprint density at radius 3 is 1.96 bits per heavy atom. The first-order valence-electron chi connectivity index (χ1n) is 7.58. The third-order valence-electron chi connectivity index (χ3n) is 3.45. The van der Waals surface area contributed by atoms with E-state index in [0.29, 0.717) is 5.56 Å². The van der Waals surface area contributed by atoms with Gasteiger partial charge in [-0.25, -0.2) is 0 Å². The van der Waals surface area contributed by atoms with E-state index in [-0.39, 0.29) is 24.6 Å². The lowest BCUT2D eigenvalue weighted by atomic mass is 10.1. The molecule has 2 aromatic carbocycles. The van der Waals surface area contributed by atoms with Crippen molar-refractivity contribution >= 4 is 11.8 Å². The van der Waals surface area contributed by atoms with Gasteiger partial charge in [0, 0.05) is 24.2 Å². The van der Waals surface area contributed by atoms with Crippen molar-refractivity contribution in [3.05, 3.63) is 70.8 Å². The summed E-state index contributed by atoms with van der Waals surface area (Å²) in [4.78, 5) is 23.8. The number of nitrogens with one attached hydrogen (secondary N) is 2. The predicted molar refractivity (Wildman–Crippen MR) is 87.3 cm³/mol. The molecule has 0 unspecified atom stereocenters. The summed E-state index contributed by atoms with van der Waals surface area (Å²) in [5, 5.41) is 5.20. The fourth-order valence-corrected chi connectivity index (χ4v) is 2.15. The molecular weight excluding hydrogens is 333 g/mol. The summed E-state index contributed by atoms with van der Waals surface area (Å²) < 4.78 is 37.4. The van der Waals surface area contributed by atoms with Crippen LogP contribution in [0.3, 0.4) is 0 Å². The van der Waals surface area contributed by atoms with E-state index in [1.54, 1.807) is 18.2 Å². The SMILES string of the molecule is Cc1cccc(C(=O)NCCNC(=O)c2ccc(C(F)(F)F)cc2)c1. The zero-order valence-corrected chi connectivity index (χ0v) is 13.5. The van der Waals surface area contributed by atoms with Crippen molar-refractivity contribution in [1.82, 2.24) is 10.6 Å². The van der Waals surface area contributed by atoms with Crippen molar-refractivity contribution in [3.8, 4) is 0 Å². The van der Waals surface area contributed by atoms with Crippen molar-refractivity contribution in [2.45, 2.75) is 13.1 Å². The summed E-state index contributed by atoms with van der Waals surface area (Å²) in [6, 6.07) is 11.0. The van der Waals surface area contributed by atoms with E-state index >= 15 is 0 Å². The van der Waals surface area contributed by atoms with Gasteiger partial charge in [-0.3, -0.25) is 9.59 Å². The number of rotatable bonds is 5. The number of alkyl halides is 3. The average molecular weight is 350 g/mol. The van der Waals surface area contributed by atoms with Crippen LogP contribution in [0.5, 0.6) is 0 Å². The molecule has 2 rings (SSSR count). The van der Waals surface area contributed by atoms with Crippen molar-refractivity contribution in [2.24, 2.45) is 0 Å². The predicted octanol–water partition coefficient (Wildman–Crippen LogP) is 3.17. The second kappa shape index (κ2) is 7.83. The maximum Gasteiger partial charge on any atom is 0.416 e. The second-order valence-corrected chi connectivity index (χ2v) is 5.46. The molecule has 0 bridgehead atoms. The van der Waals surface area contributed by atoms with Crippen LogP contribution in [0.25, 0.3) is 0 Å². The summed E-state index contributed by atoms with van der Waals surface area (Å²) in [6.07, 6.45) is -4.44. The van der Waals surface area contributed by atoms with Gasteiger partial charge in [-0.1, -0.05) is 17.7 Å². The number of carbonyl (C=O) groups excluding carboxylic acids is 2. The fourth-order valence-electron chi connectivity index (χ4n) is 2.15. The Labute approximate surface area is 143 Å². The molecule has 0 radical (unpaired) electrons. The summed E-state index contributed by atoms with van der Waals surface area (Å²) in [5.74, 6) is -0.758. The van der Waals surface area contributed by atoms with Crippen molar-refractivity contribution in [3.63, 3.8) is 0 Å². The molecule has 2 amide bonds. The van der Waals surface area contributed by atoms with Crippen LogP contribution >= 0.6 is 0 Å². The van der Waals surface area contributed by atoms with Gasteiger partial charge < -0.3 is 10.6 Å². The molecule has 0 saturated carbocycles. The third kappa shape index (κ3) is 5.34. The van der Waals surface area contributed by atoms with Crippen LogP contribution in [0.2, 0.25) is 0 Å². The van der Waals surface area contributed by atoms with E-state index in [4.69, 9.17) is 0 Å². The molecule has 2 N–H and O–H groups in total. The highest BCUT2D eigenvalue weighted by atomic mass is 19.4. The molecule has 25 heavy (non-hydrogen) atoms. The number of halogens is 3. The Kier molecular flexibility index (Phi) is 5.80. The van der Waals surface area contributed by atoms with E-state index in [0.717, 1.165) is 29.8 Å². The van der Waals surface area contributed by atoms with Gasteiger partial charge in [-0.05, 0) is 43.3 Å².